The Bertz CT molecular complexity index is 1290. The minimum Gasteiger partial charge on any atom is -0.466 e. The lowest BCUT2D eigenvalue weighted by Crippen LogP contribution is -2.42. The average Bonchev–Trinajstić information content (AvgIpc) is 2.85. The zero-order valence-electron chi connectivity index (χ0n) is 20.1. The largest absolute Gasteiger partial charge is 0.466 e. The van der Waals surface area contributed by atoms with Crippen molar-refractivity contribution >= 4 is 40.4 Å². The SMILES string of the molecule is CCOC(=O)CC[C@H](NC(=O)c1ccc(CNc2ccc3nc(N)[nH]c(=O)c3c2)cc1)C(=O)OCC. The Morgan fingerprint density at radius 1 is 1.06 bits per heavy atom. The van der Waals surface area contributed by atoms with E-state index in [4.69, 9.17) is 15.2 Å². The Labute approximate surface area is 207 Å². The van der Waals surface area contributed by atoms with Gasteiger partial charge in [0.25, 0.3) is 11.5 Å². The number of nitrogens with two attached hydrogens (primary N) is 1. The van der Waals surface area contributed by atoms with E-state index in [9.17, 15) is 19.2 Å². The third-order valence-electron chi connectivity index (χ3n) is 5.26. The van der Waals surface area contributed by atoms with E-state index >= 15 is 0 Å². The molecule has 11 heteroatoms. The Hall–Kier alpha value is -4.41. The van der Waals surface area contributed by atoms with Gasteiger partial charge >= 0.3 is 11.9 Å². The number of anilines is 2. The number of aromatic nitrogens is 2. The van der Waals surface area contributed by atoms with Gasteiger partial charge in [-0.1, -0.05) is 12.1 Å². The van der Waals surface area contributed by atoms with Crippen molar-refractivity contribution in [3.8, 4) is 0 Å². The summed E-state index contributed by atoms with van der Waals surface area (Å²) in [6.45, 7) is 4.19. The zero-order chi connectivity index (χ0) is 26.1. The first-order valence-corrected chi connectivity index (χ1v) is 11.6. The highest BCUT2D eigenvalue weighted by atomic mass is 16.5. The molecule has 2 aromatic carbocycles. The number of hydrogen-bond acceptors (Lipinski definition) is 9. The fourth-order valence-corrected chi connectivity index (χ4v) is 3.47. The number of nitrogens with one attached hydrogen (secondary N) is 3. The first kappa shape index (κ1) is 26.2. The van der Waals surface area contributed by atoms with Gasteiger partial charge in [-0.25, -0.2) is 9.78 Å². The molecule has 36 heavy (non-hydrogen) atoms. The van der Waals surface area contributed by atoms with E-state index < -0.39 is 23.9 Å². The second kappa shape index (κ2) is 12.3. The molecule has 0 aliphatic rings. The molecule has 0 spiro atoms. The number of benzene rings is 2. The van der Waals surface area contributed by atoms with Gasteiger partial charge in [0.1, 0.15) is 6.04 Å². The van der Waals surface area contributed by atoms with Crippen LogP contribution in [0.1, 0.15) is 42.6 Å². The van der Waals surface area contributed by atoms with Crippen LogP contribution in [0, 0.1) is 0 Å². The maximum atomic E-state index is 12.7. The molecular formula is C25H29N5O6. The molecule has 0 saturated carbocycles. The van der Waals surface area contributed by atoms with Gasteiger partial charge < -0.3 is 25.8 Å². The molecular weight excluding hydrogens is 466 g/mol. The lowest BCUT2D eigenvalue weighted by molar-refractivity contribution is -0.146. The summed E-state index contributed by atoms with van der Waals surface area (Å²) in [5, 5.41) is 6.28. The van der Waals surface area contributed by atoms with Gasteiger partial charge in [0, 0.05) is 24.2 Å². The molecule has 1 aromatic heterocycles. The van der Waals surface area contributed by atoms with Gasteiger partial charge in [-0.05, 0) is 56.2 Å². The topological polar surface area (TPSA) is 165 Å². The maximum Gasteiger partial charge on any atom is 0.328 e. The molecule has 1 amide bonds. The van der Waals surface area contributed by atoms with Crippen molar-refractivity contribution in [2.75, 3.05) is 24.3 Å². The zero-order valence-corrected chi connectivity index (χ0v) is 20.1. The number of amides is 1. The van der Waals surface area contributed by atoms with Crippen LogP contribution in [0.3, 0.4) is 0 Å². The van der Waals surface area contributed by atoms with Gasteiger partial charge in [-0.15, -0.1) is 0 Å². The van der Waals surface area contributed by atoms with E-state index in [0.717, 1.165) is 11.3 Å². The molecule has 1 atom stereocenters. The summed E-state index contributed by atoms with van der Waals surface area (Å²) < 4.78 is 9.91. The number of fused-ring (bicyclic) bond motifs is 1. The summed E-state index contributed by atoms with van der Waals surface area (Å²) in [7, 11) is 0. The van der Waals surface area contributed by atoms with Crippen LogP contribution < -0.4 is 21.9 Å². The van der Waals surface area contributed by atoms with Crippen LogP contribution >= 0.6 is 0 Å². The molecule has 0 bridgehead atoms. The average molecular weight is 496 g/mol. The van der Waals surface area contributed by atoms with Crippen molar-refractivity contribution in [3.63, 3.8) is 0 Å². The minimum absolute atomic E-state index is 0.0215. The summed E-state index contributed by atoms with van der Waals surface area (Å²) in [5.41, 5.74) is 7.72. The number of nitrogens with zero attached hydrogens (tertiary/aromatic N) is 1. The summed E-state index contributed by atoms with van der Waals surface area (Å²) >= 11 is 0. The van der Waals surface area contributed by atoms with Crippen LogP contribution in [0.4, 0.5) is 11.6 Å². The first-order valence-electron chi connectivity index (χ1n) is 11.6. The summed E-state index contributed by atoms with van der Waals surface area (Å²) in [4.78, 5) is 55.3. The molecule has 3 rings (SSSR count). The van der Waals surface area contributed by atoms with Gasteiger partial charge in [0.05, 0.1) is 24.1 Å². The highest BCUT2D eigenvalue weighted by molar-refractivity contribution is 5.97. The van der Waals surface area contributed by atoms with Crippen LogP contribution in [-0.2, 0) is 25.6 Å². The standard InChI is InChI=1S/C25H29N5O6/c1-3-35-21(31)12-11-20(24(34)36-4-2)28-22(32)16-7-5-15(6-8-16)14-27-17-9-10-19-18(13-17)23(33)30-25(26)29-19/h5-10,13,20,27H,3-4,11-12,14H2,1-2H3,(H,28,32)(H3,26,29,30,33)/t20-/m0/s1. The summed E-state index contributed by atoms with van der Waals surface area (Å²) in [6.07, 6.45) is 0.0500. The van der Waals surface area contributed by atoms with E-state index in [1.807, 2.05) is 0 Å². The Balaban J connectivity index is 1.61. The van der Waals surface area contributed by atoms with Gasteiger partial charge in [0.15, 0.2) is 0 Å². The predicted octanol–water partition coefficient (Wildman–Crippen LogP) is 2.12. The number of rotatable bonds is 11. The van der Waals surface area contributed by atoms with E-state index in [1.54, 1.807) is 56.3 Å². The Morgan fingerprint density at radius 2 is 1.78 bits per heavy atom. The predicted molar refractivity (Wildman–Crippen MR) is 134 cm³/mol. The van der Waals surface area contributed by atoms with Crippen LogP contribution in [-0.4, -0.2) is 47.1 Å². The molecule has 5 N–H and O–H groups in total. The number of aromatic amines is 1. The fourth-order valence-electron chi connectivity index (χ4n) is 3.47. The molecule has 0 saturated heterocycles. The Morgan fingerprint density at radius 3 is 2.47 bits per heavy atom. The van der Waals surface area contributed by atoms with E-state index in [0.29, 0.717) is 23.0 Å². The third kappa shape index (κ3) is 7.05. The quantitative estimate of drug-likeness (QED) is 0.291. The normalized spacial score (nSPS) is 11.5. The second-order valence-electron chi connectivity index (χ2n) is 7.86. The highest BCUT2D eigenvalue weighted by Crippen LogP contribution is 2.16. The Kier molecular flexibility index (Phi) is 8.98. The molecule has 0 aliphatic heterocycles. The molecule has 190 valence electrons. The summed E-state index contributed by atoms with van der Waals surface area (Å²) in [6, 6.07) is 11.0. The van der Waals surface area contributed by atoms with E-state index in [2.05, 4.69) is 20.6 Å². The molecule has 0 aliphatic carbocycles. The van der Waals surface area contributed by atoms with Crippen molar-refractivity contribution < 1.29 is 23.9 Å². The maximum absolute atomic E-state index is 12.7. The minimum atomic E-state index is -0.968. The van der Waals surface area contributed by atoms with Crippen molar-refractivity contribution in [2.45, 2.75) is 39.3 Å². The molecule has 1 heterocycles. The number of nitrogen functional groups attached to an aromatic ring is 1. The van der Waals surface area contributed by atoms with Gasteiger partial charge in [0.2, 0.25) is 5.95 Å². The van der Waals surface area contributed by atoms with Crippen molar-refractivity contribution in [1.82, 2.24) is 15.3 Å². The summed E-state index contributed by atoms with van der Waals surface area (Å²) in [5.74, 6) is -1.46. The highest BCUT2D eigenvalue weighted by Gasteiger charge is 2.24. The van der Waals surface area contributed by atoms with Crippen molar-refractivity contribution in [1.29, 1.82) is 0 Å². The smallest absolute Gasteiger partial charge is 0.328 e. The number of ether oxygens (including phenoxy) is 2. The van der Waals surface area contributed by atoms with Crippen LogP contribution in [0.25, 0.3) is 10.9 Å². The van der Waals surface area contributed by atoms with Gasteiger partial charge in [-0.3, -0.25) is 19.4 Å². The molecule has 11 nitrogen and oxygen atoms in total. The van der Waals surface area contributed by atoms with Crippen LogP contribution in [0.15, 0.2) is 47.3 Å². The number of carbonyl (C=O) groups excluding carboxylic acids is 3. The molecule has 3 aromatic rings. The van der Waals surface area contributed by atoms with Crippen molar-refractivity contribution in [2.24, 2.45) is 0 Å². The number of hydrogen-bond donors (Lipinski definition) is 4. The van der Waals surface area contributed by atoms with Crippen molar-refractivity contribution in [3.05, 3.63) is 63.9 Å². The molecule has 0 radical (unpaired) electrons. The number of carbonyl (C=O) groups is 3. The molecule has 0 unspecified atom stereocenters. The van der Waals surface area contributed by atoms with Crippen LogP contribution in [0.5, 0.6) is 0 Å². The van der Waals surface area contributed by atoms with E-state index in [1.165, 1.54) is 0 Å². The number of H-pyrrole nitrogens is 1. The fraction of sp³-hybridized carbons (Fsp3) is 0.320. The lowest BCUT2D eigenvalue weighted by atomic mass is 10.1. The van der Waals surface area contributed by atoms with Gasteiger partial charge in [-0.2, -0.15) is 0 Å². The monoisotopic (exact) mass is 495 g/mol. The third-order valence-corrected chi connectivity index (χ3v) is 5.26. The first-order chi connectivity index (χ1) is 17.3. The number of esters is 2. The second-order valence-corrected chi connectivity index (χ2v) is 7.86. The molecule has 0 fully saturated rings. The lowest BCUT2D eigenvalue weighted by Gasteiger charge is -2.17. The van der Waals surface area contributed by atoms with E-state index in [-0.39, 0.29) is 37.6 Å². The van der Waals surface area contributed by atoms with Crippen LogP contribution in [0.2, 0.25) is 0 Å².